The molecular weight excluding hydrogens is 434 g/mol. The Balaban J connectivity index is 1.47. The maximum absolute atomic E-state index is 12.9. The normalized spacial score (nSPS) is 19.6. The van der Waals surface area contributed by atoms with Crippen LogP contribution in [0.3, 0.4) is 0 Å². The molecule has 9 heteroatoms. The molecule has 1 saturated heterocycles. The fourth-order valence-electron chi connectivity index (χ4n) is 3.67. The summed E-state index contributed by atoms with van der Waals surface area (Å²) in [5.41, 5.74) is 1.26. The number of carbonyl (C=O) groups excluding carboxylic acids is 2. The molecule has 0 saturated carbocycles. The van der Waals surface area contributed by atoms with E-state index in [0.717, 1.165) is 18.4 Å². The van der Waals surface area contributed by atoms with E-state index in [1.165, 1.54) is 23.9 Å². The molecule has 0 unspecified atom stereocenters. The van der Waals surface area contributed by atoms with Gasteiger partial charge in [0.05, 0.1) is 10.6 Å². The zero-order valence-electron chi connectivity index (χ0n) is 17.2. The molecular formula is C22H25N3O4S2. The molecule has 0 bridgehead atoms. The zero-order chi connectivity index (χ0) is 22.0. The highest BCUT2D eigenvalue weighted by Gasteiger charge is 2.37. The van der Waals surface area contributed by atoms with Gasteiger partial charge in [-0.1, -0.05) is 37.3 Å². The molecule has 1 atom stereocenters. The maximum Gasteiger partial charge on any atom is 0.247 e. The van der Waals surface area contributed by atoms with Crippen molar-refractivity contribution in [2.45, 2.75) is 41.4 Å². The Morgan fingerprint density at radius 3 is 2.58 bits per heavy atom. The number of nitrogens with zero attached hydrogens (tertiary/aromatic N) is 1. The molecule has 31 heavy (non-hydrogen) atoms. The van der Waals surface area contributed by atoms with Gasteiger partial charge in [-0.3, -0.25) is 9.59 Å². The van der Waals surface area contributed by atoms with Crippen molar-refractivity contribution in [3.8, 4) is 0 Å². The van der Waals surface area contributed by atoms with Crippen LogP contribution in [-0.4, -0.2) is 43.5 Å². The maximum atomic E-state index is 12.9. The molecule has 1 fully saturated rings. The van der Waals surface area contributed by atoms with Crippen molar-refractivity contribution in [2.24, 2.45) is 5.92 Å². The van der Waals surface area contributed by atoms with Crippen LogP contribution in [0.15, 0.2) is 58.3 Å². The van der Waals surface area contributed by atoms with Gasteiger partial charge in [0.15, 0.2) is 5.25 Å². The zero-order valence-corrected chi connectivity index (χ0v) is 18.8. The molecule has 2 aliphatic heterocycles. The van der Waals surface area contributed by atoms with Crippen molar-refractivity contribution >= 4 is 39.3 Å². The van der Waals surface area contributed by atoms with Gasteiger partial charge in [-0.25, -0.2) is 13.1 Å². The first-order valence-electron chi connectivity index (χ1n) is 10.3. The van der Waals surface area contributed by atoms with Crippen LogP contribution >= 0.6 is 11.8 Å². The number of amides is 2. The van der Waals surface area contributed by atoms with Crippen LogP contribution in [0.5, 0.6) is 0 Å². The third-order valence-corrected chi connectivity index (χ3v) is 8.29. The first kappa shape index (κ1) is 21.9. The monoisotopic (exact) mass is 459 g/mol. The smallest absolute Gasteiger partial charge is 0.247 e. The highest BCUT2D eigenvalue weighted by atomic mass is 32.2. The van der Waals surface area contributed by atoms with Crippen LogP contribution in [0.1, 0.15) is 25.3 Å². The molecule has 2 amide bonds. The molecule has 164 valence electrons. The lowest BCUT2D eigenvalue weighted by molar-refractivity contribution is -0.135. The van der Waals surface area contributed by atoms with Crippen LogP contribution in [-0.2, 0) is 26.2 Å². The number of rotatable bonds is 5. The van der Waals surface area contributed by atoms with Gasteiger partial charge in [-0.2, -0.15) is 0 Å². The van der Waals surface area contributed by atoms with Crippen molar-refractivity contribution in [3.05, 3.63) is 54.1 Å². The second kappa shape index (κ2) is 9.02. The summed E-state index contributed by atoms with van der Waals surface area (Å²) in [4.78, 5) is 28.0. The lowest BCUT2D eigenvalue weighted by atomic mass is 9.99. The molecule has 0 radical (unpaired) electrons. The van der Waals surface area contributed by atoms with Crippen LogP contribution in [0.2, 0.25) is 0 Å². The van der Waals surface area contributed by atoms with E-state index in [9.17, 15) is 18.0 Å². The van der Waals surface area contributed by atoms with Gasteiger partial charge in [0.25, 0.3) is 0 Å². The lowest BCUT2D eigenvalue weighted by Crippen LogP contribution is -2.47. The SMILES string of the molecule is CC1CCN(C(=O)[C@@H]2Sc3ccc(S(=O)(=O)NCc4ccccc4)cc3NC2=O)CC1. The van der Waals surface area contributed by atoms with Crippen LogP contribution in [0.4, 0.5) is 5.69 Å². The average Bonchev–Trinajstić information content (AvgIpc) is 2.77. The molecule has 0 aromatic heterocycles. The van der Waals surface area contributed by atoms with Gasteiger partial charge < -0.3 is 10.2 Å². The van der Waals surface area contributed by atoms with E-state index >= 15 is 0 Å². The average molecular weight is 460 g/mol. The van der Waals surface area contributed by atoms with E-state index in [1.807, 2.05) is 30.3 Å². The Bertz CT molecular complexity index is 1080. The third kappa shape index (κ3) is 4.94. The molecule has 4 rings (SSSR count). The van der Waals surface area contributed by atoms with Crippen molar-refractivity contribution in [1.29, 1.82) is 0 Å². The third-order valence-electron chi connectivity index (χ3n) is 5.63. The number of carbonyl (C=O) groups is 2. The molecule has 2 heterocycles. The first-order valence-corrected chi connectivity index (χ1v) is 12.6. The number of likely N-dealkylation sites (tertiary alicyclic amines) is 1. The summed E-state index contributed by atoms with van der Waals surface area (Å²) in [6.07, 6.45) is 1.89. The van der Waals surface area contributed by atoms with Crippen molar-refractivity contribution in [1.82, 2.24) is 9.62 Å². The van der Waals surface area contributed by atoms with Crippen molar-refractivity contribution in [2.75, 3.05) is 18.4 Å². The van der Waals surface area contributed by atoms with Crippen LogP contribution < -0.4 is 10.0 Å². The lowest BCUT2D eigenvalue weighted by Gasteiger charge is -2.33. The largest absolute Gasteiger partial charge is 0.341 e. The summed E-state index contributed by atoms with van der Waals surface area (Å²) in [5, 5.41) is 1.88. The number of sulfonamides is 1. The molecule has 7 nitrogen and oxygen atoms in total. The quantitative estimate of drug-likeness (QED) is 0.671. The minimum absolute atomic E-state index is 0.0675. The number of piperidine rings is 1. The summed E-state index contributed by atoms with van der Waals surface area (Å²) in [6, 6.07) is 13.8. The number of anilines is 1. The number of hydrogen-bond donors (Lipinski definition) is 2. The summed E-state index contributed by atoms with van der Waals surface area (Å²) in [7, 11) is -3.75. The second-order valence-corrected chi connectivity index (χ2v) is 10.9. The number of thioether (sulfide) groups is 1. The van der Waals surface area contributed by atoms with Gasteiger partial charge in [-0.05, 0) is 42.5 Å². The molecule has 0 spiro atoms. The first-order chi connectivity index (χ1) is 14.8. The van der Waals surface area contributed by atoms with E-state index in [-0.39, 0.29) is 17.3 Å². The predicted octanol–water partition coefficient (Wildman–Crippen LogP) is 2.84. The van der Waals surface area contributed by atoms with E-state index in [1.54, 1.807) is 11.0 Å². The topological polar surface area (TPSA) is 95.6 Å². The Morgan fingerprint density at radius 1 is 1.16 bits per heavy atom. The predicted molar refractivity (Wildman–Crippen MR) is 120 cm³/mol. The minimum atomic E-state index is -3.75. The molecule has 0 aliphatic carbocycles. The summed E-state index contributed by atoms with van der Waals surface area (Å²) < 4.78 is 27.9. The number of fused-ring (bicyclic) bond motifs is 1. The summed E-state index contributed by atoms with van der Waals surface area (Å²) in [5.74, 6) is 0.00247. The fourth-order valence-corrected chi connectivity index (χ4v) is 5.77. The highest BCUT2D eigenvalue weighted by molar-refractivity contribution is 8.01. The van der Waals surface area contributed by atoms with Gasteiger partial charge in [0.2, 0.25) is 21.8 Å². The van der Waals surface area contributed by atoms with E-state index in [0.29, 0.717) is 29.6 Å². The van der Waals surface area contributed by atoms with Gasteiger partial charge >= 0.3 is 0 Å². The Hall–Kier alpha value is -2.36. The van der Waals surface area contributed by atoms with Gasteiger partial charge in [0.1, 0.15) is 0 Å². The Kier molecular flexibility index (Phi) is 6.36. The van der Waals surface area contributed by atoms with E-state index in [4.69, 9.17) is 0 Å². The number of benzene rings is 2. The fraction of sp³-hybridized carbons (Fsp3) is 0.364. The van der Waals surface area contributed by atoms with Gasteiger partial charge in [0, 0.05) is 24.5 Å². The van der Waals surface area contributed by atoms with E-state index in [2.05, 4.69) is 17.0 Å². The molecule has 2 aliphatic rings. The minimum Gasteiger partial charge on any atom is -0.341 e. The van der Waals surface area contributed by atoms with E-state index < -0.39 is 21.2 Å². The molecule has 2 N–H and O–H groups in total. The number of hydrogen-bond acceptors (Lipinski definition) is 5. The standard InChI is InChI=1S/C22H25N3O4S2/c1-15-9-11-25(12-10-15)22(27)20-21(26)24-18-13-17(7-8-19(18)30-20)31(28,29)23-14-16-5-3-2-4-6-16/h2-8,13,15,20,23H,9-12,14H2,1H3,(H,24,26)/t20-/m1/s1. The summed E-state index contributed by atoms with van der Waals surface area (Å²) in [6.45, 7) is 3.68. The van der Waals surface area contributed by atoms with Crippen LogP contribution in [0, 0.1) is 5.92 Å². The van der Waals surface area contributed by atoms with Crippen molar-refractivity contribution in [3.63, 3.8) is 0 Å². The summed E-state index contributed by atoms with van der Waals surface area (Å²) >= 11 is 1.18. The molecule has 2 aromatic carbocycles. The van der Waals surface area contributed by atoms with Gasteiger partial charge in [-0.15, -0.1) is 11.8 Å². The Morgan fingerprint density at radius 2 is 1.87 bits per heavy atom. The number of nitrogens with one attached hydrogen (secondary N) is 2. The van der Waals surface area contributed by atoms with Crippen LogP contribution in [0.25, 0.3) is 0 Å². The second-order valence-electron chi connectivity index (χ2n) is 7.96. The highest BCUT2D eigenvalue weighted by Crippen LogP contribution is 2.38. The van der Waals surface area contributed by atoms with Crippen molar-refractivity contribution < 1.29 is 18.0 Å². The Labute approximate surface area is 186 Å². The molecule has 2 aromatic rings.